The van der Waals surface area contributed by atoms with E-state index in [-0.39, 0.29) is 11.8 Å². The molecule has 38 heavy (non-hydrogen) atoms. The van der Waals surface area contributed by atoms with Crippen LogP contribution in [0.2, 0.25) is 0 Å². The fourth-order valence-corrected chi connectivity index (χ4v) is 5.41. The van der Waals surface area contributed by atoms with Crippen molar-refractivity contribution in [2.24, 2.45) is 0 Å². The van der Waals surface area contributed by atoms with Crippen LogP contribution in [0.5, 0.6) is 0 Å². The summed E-state index contributed by atoms with van der Waals surface area (Å²) in [7, 11) is 0. The zero-order chi connectivity index (χ0) is 26.5. The summed E-state index contributed by atoms with van der Waals surface area (Å²) in [5.41, 5.74) is 7.12. The molecule has 4 aromatic carbocycles. The van der Waals surface area contributed by atoms with Gasteiger partial charge in [0, 0.05) is 17.0 Å². The van der Waals surface area contributed by atoms with Crippen LogP contribution in [0.25, 0.3) is 6.08 Å². The highest BCUT2D eigenvalue weighted by Gasteiger charge is 2.29. The number of carbonyl (C=O) groups excluding carboxylic acids is 2. The molecule has 5 heteroatoms. The summed E-state index contributed by atoms with van der Waals surface area (Å²) in [6, 6.07) is 32.0. The molecular weight excluding hydrogens is 488 g/mol. The lowest BCUT2D eigenvalue weighted by molar-refractivity contribution is -0.114. The van der Waals surface area contributed by atoms with E-state index < -0.39 is 0 Å². The van der Waals surface area contributed by atoms with Gasteiger partial charge >= 0.3 is 0 Å². The van der Waals surface area contributed by atoms with E-state index in [1.165, 1.54) is 28.5 Å². The summed E-state index contributed by atoms with van der Waals surface area (Å²) in [5.74, 6) is -0.121. The summed E-state index contributed by atoms with van der Waals surface area (Å²) >= 11 is 1.49. The summed E-state index contributed by atoms with van der Waals surface area (Å²) in [6.45, 7) is 5.21. The lowest BCUT2D eigenvalue weighted by Gasteiger charge is -2.30. The van der Waals surface area contributed by atoms with E-state index in [0.717, 1.165) is 28.1 Å². The molecule has 4 aromatic rings. The van der Waals surface area contributed by atoms with Crippen LogP contribution in [0.15, 0.2) is 107 Å². The first-order chi connectivity index (χ1) is 18.5. The lowest BCUT2D eigenvalue weighted by atomic mass is 10.1. The van der Waals surface area contributed by atoms with Gasteiger partial charge in [-0.15, -0.1) is 0 Å². The van der Waals surface area contributed by atoms with Crippen molar-refractivity contribution in [2.45, 2.75) is 31.7 Å². The van der Waals surface area contributed by atoms with Crippen LogP contribution in [-0.4, -0.2) is 18.4 Å². The van der Waals surface area contributed by atoms with E-state index in [2.05, 4.69) is 67.7 Å². The number of rotatable bonds is 7. The lowest BCUT2D eigenvalue weighted by Crippen LogP contribution is -2.33. The Kier molecular flexibility index (Phi) is 7.75. The van der Waals surface area contributed by atoms with E-state index in [1.807, 2.05) is 59.5 Å². The van der Waals surface area contributed by atoms with Crippen molar-refractivity contribution in [3.05, 3.63) is 135 Å². The van der Waals surface area contributed by atoms with Crippen molar-refractivity contribution < 1.29 is 9.59 Å². The van der Waals surface area contributed by atoms with Gasteiger partial charge in [-0.25, -0.2) is 0 Å². The first kappa shape index (κ1) is 25.6. The zero-order valence-corrected chi connectivity index (χ0v) is 22.4. The number of nitrogens with zero attached hydrogens (tertiary/aromatic N) is 1. The van der Waals surface area contributed by atoms with Gasteiger partial charge in [0.25, 0.3) is 11.8 Å². The first-order valence-electron chi connectivity index (χ1n) is 12.8. The van der Waals surface area contributed by atoms with Gasteiger partial charge < -0.3 is 10.2 Å². The minimum atomic E-state index is -0.0994. The molecule has 1 aliphatic heterocycles. The Bertz CT molecular complexity index is 1470. The van der Waals surface area contributed by atoms with Gasteiger partial charge in [0.2, 0.25) is 0 Å². The minimum absolute atomic E-state index is 0.0211. The SMILES string of the molecule is Cc1ccc(CCNC(=O)c2ccc(/C=C3/Sc4ccccc4N(Cc4ccc(C)cc4)C3=O)cc2)cc1. The Labute approximate surface area is 228 Å². The molecule has 0 fully saturated rings. The number of aryl methyl sites for hydroxylation is 2. The second kappa shape index (κ2) is 11.5. The van der Waals surface area contributed by atoms with Gasteiger partial charge in [0.05, 0.1) is 17.1 Å². The van der Waals surface area contributed by atoms with E-state index in [9.17, 15) is 9.59 Å². The van der Waals surface area contributed by atoms with Gasteiger partial charge in [0.1, 0.15) is 0 Å². The molecule has 0 unspecified atom stereocenters. The monoisotopic (exact) mass is 518 g/mol. The number of fused-ring (bicyclic) bond motifs is 1. The predicted octanol–water partition coefficient (Wildman–Crippen LogP) is 6.96. The predicted molar refractivity (Wildman–Crippen MR) is 156 cm³/mol. The maximum Gasteiger partial charge on any atom is 0.265 e. The molecule has 0 atom stereocenters. The molecule has 0 aromatic heterocycles. The fraction of sp³-hybridized carbons (Fsp3) is 0.152. The number of amides is 2. The highest BCUT2D eigenvalue weighted by atomic mass is 32.2. The normalized spacial score (nSPS) is 13.9. The number of hydrogen-bond acceptors (Lipinski definition) is 3. The smallest absolute Gasteiger partial charge is 0.265 e. The summed E-state index contributed by atoms with van der Waals surface area (Å²) in [5, 5.41) is 2.99. The average Bonchev–Trinajstić information content (AvgIpc) is 2.93. The fourth-order valence-electron chi connectivity index (χ4n) is 4.35. The summed E-state index contributed by atoms with van der Waals surface area (Å²) in [6.07, 6.45) is 2.69. The maximum atomic E-state index is 13.6. The van der Waals surface area contributed by atoms with Crippen LogP contribution in [0.1, 0.15) is 38.2 Å². The van der Waals surface area contributed by atoms with Crippen LogP contribution >= 0.6 is 11.8 Å². The molecule has 1 N–H and O–H groups in total. The van der Waals surface area contributed by atoms with Crippen LogP contribution < -0.4 is 10.2 Å². The molecule has 5 rings (SSSR count). The van der Waals surface area contributed by atoms with Crippen LogP contribution in [0, 0.1) is 13.8 Å². The number of carbonyl (C=O) groups is 2. The highest BCUT2D eigenvalue weighted by Crippen LogP contribution is 2.42. The van der Waals surface area contributed by atoms with Gasteiger partial charge in [0.15, 0.2) is 0 Å². The standard InChI is InChI=1S/C33H30N2O2S/c1-23-7-11-25(12-8-23)19-20-34-32(36)28-17-15-26(16-18-28)21-31-33(37)35(22-27-13-9-24(2)10-14-27)29-5-3-4-6-30(29)38-31/h3-18,21H,19-20,22H2,1-2H3,(H,34,36)/b31-21+. The van der Waals surface area contributed by atoms with Gasteiger partial charge in [-0.1, -0.05) is 95.7 Å². The third kappa shape index (κ3) is 6.06. The molecule has 0 saturated heterocycles. The zero-order valence-electron chi connectivity index (χ0n) is 21.6. The third-order valence-corrected chi connectivity index (χ3v) is 7.66. The van der Waals surface area contributed by atoms with Crippen molar-refractivity contribution in [1.82, 2.24) is 5.32 Å². The molecule has 0 saturated carbocycles. The molecule has 2 amide bonds. The molecule has 190 valence electrons. The van der Waals surface area contributed by atoms with Crippen molar-refractivity contribution in [3.8, 4) is 0 Å². The number of benzene rings is 4. The number of hydrogen-bond donors (Lipinski definition) is 1. The van der Waals surface area contributed by atoms with Crippen LogP contribution in [0.3, 0.4) is 0 Å². The highest BCUT2D eigenvalue weighted by molar-refractivity contribution is 8.04. The van der Waals surface area contributed by atoms with E-state index in [0.29, 0.717) is 23.6 Å². The Hall–Kier alpha value is -4.09. The second-order valence-electron chi connectivity index (χ2n) is 9.57. The van der Waals surface area contributed by atoms with Crippen LogP contribution in [-0.2, 0) is 17.8 Å². The summed E-state index contributed by atoms with van der Waals surface area (Å²) in [4.78, 5) is 29.7. The number of para-hydroxylation sites is 1. The number of nitrogens with one attached hydrogen (secondary N) is 1. The molecule has 0 spiro atoms. The molecule has 0 bridgehead atoms. The van der Waals surface area contributed by atoms with Crippen molar-refractivity contribution in [1.29, 1.82) is 0 Å². The van der Waals surface area contributed by atoms with Crippen LogP contribution in [0.4, 0.5) is 5.69 Å². The Morgan fingerprint density at radius 1 is 0.816 bits per heavy atom. The minimum Gasteiger partial charge on any atom is -0.352 e. The first-order valence-corrected chi connectivity index (χ1v) is 13.6. The van der Waals surface area contributed by atoms with Crippen molar-refractivity contribution in [3.63, 3.8) is 0 Å². The average molecular weight is 519 g/mol. The molecular formula is C33H30N2O2S. The Morgan fingerprint density at radius 2 is 1.45 bits per heavy atom. The van der Waals surface area contributed by atoms with Crippen molar-refractivity contribution in [2.75, 3.05) is 11.4 Å². The largest absolute Gasteiger partial charge is 0.352 e. The molecule has 4 nitrogen and oxygen atoms in total. The molecule has 1 aliphatic rings. The second-order valence-corrected chi connectivity index (χ2v) is 10.7. The van der Waals surface area contributed by atoms with Crippen molar-refractivity contribution >= 4 is 35.3 Å². The number of thioether (sulfide) groups is 1. The molecule has 1 heterocycles. The van der Waals surface area contributed by atoms with E-state index in [1.54, 1.807) is 0 Å². The van der Waals surface area contributed by atoms with Gasteiger partial charge in [-0.3, -0.25) is 9.59 Å². The molecule has 0 radical (unpaired) electrons. The Morgan fingerprint density at radius 3 is 2.13 bits per heavy atom. The third-order valence-electron chi connectivity index (χ3n) is 6.58. The molecule has 0 aliphatic carbocycles. The topological polar surface area (TPSA) is 49.4 Å². The quantitative estimate of drug-likeness (QED) is 0.269. The van der Waals surface area contributed by atoms with E-state index >= 15 is 0 Å². The maximum absolute atomic E-state index is 13.6. The number of anilines is 1. The van der Waals surface area contributed by atoms with Gasteiger partial charge in [-0.2, -0.15) is 0 Å². The van der Waals surface area contributed by atoms with Gasteiger partial charge in [-0.05, 0) is 67.3 Å². The van der Waals surface area contributed by atoms with E-state index in [4.69, 9.17) is 0 Å². The Balaban J connectivity index is 1.28. The summed E-state index contributed by atoms with van der Waals surface area (Å²) < 4.78 is 0.